The van der Waals surface area contributed by atoms with Gasteiger partial charge in [0.2, 0.25) is 0 Å². The molecule has 1 aliphatic carbocycles. The summed E-state index contributed by atoms with van der Waals surface area (Å²) in [6, 6.07) is 0. The van der Waals surface area contributed by atoms with E-state index in [-0.39, 0.29) is 12.1 Å². The predicted molar refractivity (Wildman–Crippen MR) is 117 cm³/mol. The minimum absolute atomic E-state index is 0.0159. The third-order valence-electron chi connectivity index (χ3n) is 4.81. The van der Waals surface area contributed by atoms with E-state index in [1.165, 1.54) is 38.5 Å². The van der Waals surface area contributed by atoms with Gasteiger partial charge in [-0.15, -0.1) is 0 Å². The first-order valence-electron chi connectivity index (χ1n) is 11.1. The van der Waals surface area contributed by atoms with Crippen LogP contribution in [0.2, 0.25) is 0 Å². The Morgan fingerprint density at radius 1 is 0.778 bits per heavy atom. The van der Waals surface area contributed by atoms with Crippen molar-refractivity contribution in [2.75, 3.05) is 0 Å². The fraction of sp³-hybridized carbons (Fsp3) is 0.640. The van der Waals surface area contributed by atoms with Gasteiger partial charge in [0.25, 0.3) is 0 Å². The fourth-order valence-electron chi connectivity index (χ4n) is 3.18. The van der Waals surface area contributed by atoms with Crippen LogP contribution in [0.3, 0.4) is 0 Å². The average molecular weight is 373 g/mol. The van der Waals surface area contributed by atoms with Crippen LogP contribution < -0.4 is 0 Å². The summed E-state index contributed by atoms with van der Waals surface area (Å²) in [5.41, 5.74) is 0. The van der Waals surface area contributed by atoms with Crippen LogP contribution in [0.1, 0.15) is 96.8 Å². The van der Waals surface area contributed by atoms with Gasteiger partial charge in [0.15, 0.2) is 0 Å². The Hall–Kier alpha value is -1.57. The highest BCUT2D eigenvalue weighted by Gasteiger charge is 2.18. The summed E-state index contributed by atoms with van der Waals surface area (Å²) >= 11 is 0. The molecule has 0 unspecified atom stereocenters. The zero-order chi connectivity index (χ0) is 19.4. The van der Waals surface area contributed by atoms with Crippen LogP contribution in [0, 0.1) is 0 Å². The van der Waals surface area contributed by atoms with Crippen molar-refractivity contribution >= 4 is 5.97 Å². The first kappa shape index (κ1) is 23.5. The lowest BCUT2D eigenvalue weighted by Crippen LogP contribution is -2.14. The number of rotatable bonds is 15. The van der Waals surface area contributed by atoms with Crippen LogP contribution in [0.4, 0.5) is 0 Å². The van der Waals surface area contributed by atoms with Gasteiger partial charge in [0, 0.05) is 6.42 Å². The summed E-state index contributed by atoms with van der Waals surface area (Å²) in [4.78, 5) is 11.7. The van der Waals surface area contributed by atoms with E-state index in [0.29, 0.717) is 6.42 Å². The summed E-state index contributed by atoms with van der Waals surface area (Å²) in [6.07, 6.45) is 33.1. The molecular formula is C25H40O2. The van der Waals surface area contributed by atoms with Crippen LogP contribution in [-0.4, -0.2) is 12.1 Å². The van der Waals surface area contributed by atoms with Gasteiger partial charge >= 0.3 is 5.97 Å². The second kappa shape index (κ2) is 17.8. The van der Waals surface area contributed by atoms with Gasteiger partial charge in [-0.25, -0.2) is 0 Å². The highest BCUT2D eigenvalue weighted by molar-refractivity contribution is 5.69. The van der Waals surface area contributed by atoms with Gasteiger partial charge in [-0.05, 0) is 70.6 Å². The summed E-state index contributed by atoms with van der Waals surface area (Å²) in [5, 5.41) is 0. The second-order valence-electron chi connectivity index (χ2n) is 7.38. The lowest BCUT2D eigenvalue weighted by molar-refractivity contribution is -0.148. The number of hydrogen-bond acceptors (Lipinski definition) is 2. The van der Waals surface area contributed by atoms with Crippen molar-refractivity contribution in [3.8, 4) is 0 Å². The third-order valence-corrected chi connectivity index (χ3v) is 4.81. The Balaban J connectivity index is 1.89. The number of esters is 1. The second-order valence-corrected chi connectivity index (χ2v) is 7.38. The van der Waals surface area contributed by atoms with E-state index in [1.807, 2.05) is 0 Å². The summed E-state index contributed by atoms with van der Waals surface area (Å²) < 4.78 is 5.46. The molecule has 1 aliphatic rings. The lowest BCUT2D eigenvalue weighted by atomic mass is 10.2. The van der Waals surface area contributed by atoms with Crippen molar-refractivity contribution in [1.82, 2.24) is 0 Å². The Morgan fingerprint density at radius 2 is 1.30 bits per heavy atom. The van der Waals surface area contributed by atoms with Crippen LogP contribution in [0.5, 0.6) is 0 Å². The zero-order valence-corrected chi connectivity index (χ0v) is 17.4. The minimum Gasteiger partial charge on any atom is -0.462 e. The molecule has 0 saturated heterocycles. The molecule has 0 bridgehead atoms. The van der Waals surface area contributed by atoms with E-state index in [2.05, 4.69) is 55.5 Å². The van der Waals surface area contributed by atoms with Gasteiger partial charge in [-0.1, -0.05) is 68.4 Å². The molecule has 0 heterocycles. The van der Waals surface area contributed by atoms with E-state index in [1.54, 1.807) is 0 Å². The lowest BCUT2D eigenvalue weighted by Gasteiger charge is -2.10. The maximum Gasteiger partial charge on any atom is 0.306 e. The molecule has 0 aromatic heterocycles. The van der Waals surface area contributed by atoms with E-state index >= 15 is 0 Å². The van der Waals surface area contributed by atoms with Crippen molar-refractivity contribution in [2.45, 2.75) is 103 Å². The standard InChI is InChI=1S/C25H40O2/c1-2-3-4-5-6-7-8-9-10-11-12-13-14-15-16-17-18-23-25(26)27-24-21-19-20-22-24/h6-7,9-10,12-13,15-16,24H,2-5,8,11,14,17-23H2,1H3/b7-6-,10-9-,13-12-,16-15-. The molecule has 0 aromatic rings. The highest BCUT2D eigenvalue weighted by atomic mass is 16.5. The molecule has 2 heteroatoms. The molecule has 2 nitrogen and oxygen atoms in total. The first-order valence-corrected chi connectivity index (χ1v) is 11.1. The summed E-state index contributed by atoms with van der Waals surface area (Å²) in [7, 11) is 0. The number of carbonyl (C=O) groups is 1. The van der Waals surface area contributed by atoms with Crippen molar-refractivity contribution in [3.05, 3.63) is 48.6 Å². The van der Waals surface area contributed by atoms with Crippen molar-refractivity contribution in [3.63, 3.8) is 0 Å². The smallest absolute Gasteiger partial charge is 0.306 e. The van der Waals surface area contributed by atoms with Crippen molar-refractivity contribution in [1.29, 1.82) is 0 Å². The Bertz CT molecular complexity index is 465. The van der Waals surface area contributed by atoms with E-state index < -0.39 is 0 Å². The first-order chi connectivity index (χ1) is 13.3. The van der Waals surface area contributed by atoms with Crippen LogP contribution in [0.15, 0.2) is 48.6 Å². The molecular weight excluding hydrogens is 332 g/mol. The van der Waals surface area contributed by atoms with E-state index in [4.69, 9.17) is 4.74 Å². The quantitative estimate of drug-likeness (QED) is 0.168. The number of ether oxygens (including phenoxy) is 1. The highest BCUT2D eigenvalue weighted by Crippen LogP contribution is 2.21. The number of hydrogen-bond donors (Lipinski definition) is 0. The molecule has 152 valence electrons. The normalized spacial score (nSPS) is 15.9. The largest absolute Gasteiger partial charge is 0.462 e. The molecule has 1 rings (SSSR count). The molecule has 1 saturated carbocycles. The molecule has 0 atom stereocenters. The van der Waals surface area contributed by atoms with E-state index in [9.17, 15) is 4.79 Å². The average Bonchev–Trinajstić information content (AvgIpc) is 3.17. The van der Waals surface area contributed by atoms with E-state index in [0.717, 1.165) is 44.9 Å². The van der Waals surface area contributed by atoms with Crippen LogP contribution >= 0.6 is 0 Å². The van der Waals surface area contributed by atoms with Gasteiger partial charge in [-0.2, -0.15) is 0 Å². The molecule has 0 amide bonds. The number of unbranched alkanes of at least 4 members (excludes halogenated alkanes) is 4. The maximum absolute atomic E-state index is 11.7. The van der Waals surface area contributed by atoms with Crippen molar-refractivity contribution in [2.24, 2.45) is 0 Å². The molecule has 1 fully saturated rings. The van der Waals surface area contributed by atoms with Gasteiger partial charge in [0.05, 0.1) is 0 Å². The van der Waals surface area contributed by atoms with Crippen molar-refractivity contribution < 1.29 is 9.53 Å². The predicted octanol–water partition coefficient (Wildman–Crippen LogP) is 7.62. The Morgan fingerprint density at radius 3 is 1.85 bits per heavy atom. The Labute approximate surface area is 167 Å². The van der Waals surface area contributed by atoms with Crippen LogP contribution in [0.25, 0.3) is 0 Å². The fourth-order valence-corrected chi connectivity index (χ4v) is 3.18. The SMILES string of the molecule is CCCCC/C=C\C/C=C\C/C=C\C/C=C\CCCC(=O)OC1CCCC1. The van der Waals surface area contributed by atoms with Gasteiger partial charge in [-0.3, -0.25) is 4.79 Å². The van der Waals surface area contributed by atoms with Gasteiger partial charge < -0.3 is 4.74 Å². The zero-order valence-electron chi connectivity index (χ0n) is 17.4. The summed E-state index contributed by atoms with van der Waals surface area (Å²) in [6.45, 7) is 2.24. The molecule has 0 aromatic carbocycles. The maximum atomic E-state index is 11.7. The third kappa shape index (κ3) is 15.2. The molecule has 0 aliphatic heterocycles. The number of allylic oxidation sites excluding steroid dienone is 8. The molecule has 27 heavy (non-hydrogen) atoms. The molecule has 0 N–H and O–H groups in total. The Kier molecular flexibility index (Phi) is 15.5. The number of carbonyl (C=O) groups excluding carboxylic acids is 1. The monoisotopic (exact) mass is 372 g/mol. The van der Waals surface area contributed by atoms with Crippen LogP contribution in [-0.2, 0) is 9.53 Å². The molecule has 0 radical (unpaired) electrons. The summed E-state index contributed by atoms with van der Waals surface area (Å²) in [5.74, 6) is -0.0159. The van der Waals surface area contributed by atoms with Gasteiger partial charge in [0.1, 0.15) is 6.10 Å². The minimum atomic E-state index is -0.0159. The topological polar surface area (TPSA) is 26.3 Å². The molecule has 0 spiro atoms.